The van der Waals surface area contributed by atoms with Crippen molar-refractivity contribution >= 4 is 0 Å². The summed E-state index contributed by atoms with van der Waals surface area (Å²) < 4.78 is 11.8. The average Bonchev–Trinajstić information content (AvgIpc) is 2.73. The van der Waals surface area contributed by atoms with Gasteiger partial charge in [-0.05, 0) is 55.0 Å². The summed E-state index contributed by atoms with van der Waals surface area (Å²) in [5.41, 5.74) is 2.77. The number of hydrogen-bond donors (Lipinski definition) is 1. The molecule has 1 aromatic rings. The number of rotatable bonds is 7. The Bertz CT molecular complexity index is 473. The number of hydrogen-bond acceptors (Lipinski definition) is 3. The minimum Gasteiger partial charge on any atom is -0.490 e. The fraction of sp³-hybridized carbons (Fsp3) is 0.667. The summed E-state index contributed by atoms with van der Waals surface area (Å²) in [7, 11) is 2.04. The van der Waals surface area contributed by atoms with Crippen LogP contribution in [0.15, 0.2) is 12.1 Å². The Labute approximate surface area is 129 Å². The van der Waals surface area contributed by atoms with Gasteiger partial charge in [-0.1, -0.05) is 27.7 Å². The molecule has 118 valence electrons. The molecule has 2 rings (SSSR count). The second kappa shape index (κ2) is 7.17. The third-order valence-electron chi connectivity index (χ3n) is 4.52. The molecule has 0 amide bonds. The van der Waals surface area contributed by atoms with Crippen LogP contribution in [0.2, 0.25) is 0 Å². The quantitative estimate of drug-likeness (QED) is 0.813. The highest BCUT2D eigenvalue weighted by Gasteiger charge is 2.35. The Morgan fingerprint density at radius 2 is 1.48 bits per heavy atom. The van der Waals surface area contributed by atoms with Gasteiger partial charge in [0, 0.05) is 6.04 Å². The molecule has 3 unspecified atom stereocenters. The van der Waals surface area contributed by atoms with Gasteiger partial charge in [0.25, 0.3) is 0 Å². The first kappa shape index (κ1) is 16.2. The Balaban J connectivity index is 2.38. The van der Waals surface area contributed by atoms with Crippen molar-refractivity contribution in [1.82, 2.24) is 5.32 Å². The molecular formula is C18H29NO2. The highest BCUT2D eigenvalue weighted by Crippen LogP contribution is 2.48. The summed E-state index contributed by atoms with van der Waals surface area (Å²) in [5, 5.41) is 3.45. The van der Waals surface area contributed by atoms with Gasteiger partial charge in [0.2, 0.25) is 0 Å². The predicted octanol–water partition coefficient (Wildman–Crippen LogP) is 4.28. The lowest BCUT2D eigenvalue weighted by Gasteiger charge is -2.18. The van der Waals surface area contributed by atoms with Gasteiger partial charge in [-0.15, -0.1) is 0 Å². The van der Waals surface area contributed by atoms with Gasteiger partial charge in [-0.25, -0.2) is 0 Å². The third kappa shape index (κ3) is 3.18. The molecule has 0 aliphatic heterocycles. The second-order valence-corrected chi connectivity index (χ2v) is 6.04. The average molecular weight is 291 g/mol. The van der Waals surface area contributed by atoms with Gasteiger partial charge >= 0.3 is 0 Å². The number of ether oxygens (including phenoxy) is 2. The molecule has 0 saturated carbocycles. The molecule has 3 nitrogen and oxygen atoms in total. The van der Waals surface area contributed by atoms with Crippen LogP contribution in [0.5, 0.6) is 11.5 Å². The lowest BCUT2D eigenvalue weighted by Crippen LogP contribution is -2.20. The van der Waals surface area contributed by atoms with Crippen LogP contribution >= 0.6 is 0 Å². The SMILES string of the molecule is CCCOc1cc2c(cc1OCCC)C(NC)C(C)C2C. The van der Waals surface area contributed by atoms with Gasteiger partial charge < -0.3 is 14.8 Å². The van der Waals surface area contributed by atoms with Crippen LogP contribution in [-0.2, 0) is 0 Å². The topological polar surface area (TPSA) is 30.5 Å². The fourth-order valence-electron chi connectivity index (χ4n) is 3.18. The molecule has 0 aromatic heterocycles. The molecule has 0 fully saturated rings. The third-order valence-corrected chi connectivity index (χ3v) is 4.52. The summed E-state index contributed by atoms with van der Waals surface area (Å²) in [4.78, 5) is 0. The van der Waals surface area contributed by atoms with E-state index in [2.05, 4.69) is 45.1 Å². The molecule has 1 aliphatic carbocycles. The zero-order chi connectivity index (χ0) is 15.4. The molecule has 1 aliphatic rings. The highest BCUT2D eigenvalue weighted by atomic mass is 16.5. The first-order chi connectivity index (χ1) is 10.1. The van der Waals surface area contributed by atoms with E-state index in [0.717, 1.165) is 37.6 Å². The summed E-state index contributed by atoms with van der Waals surface area (Å²) in [6, 6.07) is 4.80. The van der Waals surface area contributed by atoms with Gasteiger partial charge in [0.05, 0.1) is 13.2 Å². The van der Waals surface area contributed by atoms with Crippen LogP contribution in [0.3, 0.4) is 0 Å². The molecule has 0 spiro atoms. The molecule has 0 saturated heterocycles. The Kier molecular flexibility index (Phi) is 5.51. The molecule has 0 heterocycles. The predicted molar refractivity (Wildman–Crippen MR) is 87.4 cm³/mol. The molecule has 1 N–H and O–H groups in total. The van der Waals surface area contributed by atoms with Crippen molar-refractivity contribution in [3.05, 3.63) is 23.3 Å². The summed E-state index contributed by atoms with van der Waals surface area (Å²) >= 11 is 0. The maximum atomic E-state index is 5.92. The van der Waals surface area contributed by atoms with Crippen molar-refractivity contribution in [2.45, 2.75) is 52.5 Å². The van der Waals surface area contributed by atoms with Crippen molar-refractivity contribution in [3.63, 3.8) is 0 Å². The largest absolute Gasteiger partial charge is 0.490 e. The van der Waals surface area contributed by atoms with Crippen molar-refractivity contribution < 1.29 is 9.47 Å². The standard InChI is InChI=1S/C18H29NO2/c1-6-8-20-16-10-14-12(3)13(4)18(19-5)15(14)11-17(16)21-9-7-2/h10-13,18-19H,6-9H2,1-5H3. The van der Waals surface area contributed by atoms with E-state index < -0.39 is 0 Å². The van der Waals surface area contributed by atoms with Crippen LogP contribution in [0.25, 0.3) is 0 Å². The molecule has 21 heavy (non-hydrogen) atoms. The van der Waals surface area contributed by atoms with Crippen LogP contribution in [-0.4, -0.2) is 20.3 Å². The van der Waals surface area contributed by atoms with E-state index in [1.54, 1.807) is 0 Å². The van der Waals surface area contributed by atoms with Crippen LogP contribution in [0, 0.1) is 5.92 Å². The summed E-state index contributed by atoms with van der Waals surface area (Å²) in [6.07, 6.45) is 2.02. The van der Waals surface area contributed by atoms with Crippen LogP contribution in [0.4, 0.5) is 0 Å². The zero-order valence-corrected chi connectivity index (χ0v) is 14.0. The lowest BCUT2D eigenvalue weighted by atomic mass is 9.95. The van der Waals surface area contributed by atoms with Gasteiger partial charge in [0.1, 0.15) is 0 Å². The normalized spacial score (nSPS) is 24.0. The monoisotopic (exact) mass is 291 g/mol. The lowest BCUT2D eigenvalue weighted by molar-refractivity contribution is 0.268. The fourth-order valence-corrected chi connectivity index (χ4v) is 3.18. The second-order valence-electron chi connectivity index (χ2n) is 6.04. The van der Waals surface area contributed by atoms with E-state index in [0.29, 0.717) is 17.9 Å². The minimum atomic E-state index is 0.402. The molecule has 0 radical (unpaired) electrons. The van der Waals surface area contributed by atoms with Gasteiger partial charge in [-0.3, -0.25) is 0 Å². The molecule has 1 aromatic carbocycles. The highest BCUT2D eigenvalue weighted by molar-refractivity contribution is 5.52. The first-order valence-electron chi connectivity index (χ1n) is 8.24. The molecule has 3 heteroatoms. The van der Waals surface area contributed by atoms with E-state index in [1.807, 2.05) is 7.05 Å². The van der Waals surface area contributed by atoms with E-state index in [1.165, 1.54) is 11.1 Å². The first-order valence-corrected chi connectivity index (χ1v) is 8.24. The Morgan fingerprint density at radius 3 is 1.95 bits per heavy atom. The number of fused-ring (bicyclic) bond motifs is 1. The van der Waals surface area contributed by atoms with Crippen molar-refractivity contribution in [2.75, 3.05) is 20.3 Å². The molecule has 0 bridgehead atoms. The van der Waals surface area contributed by atoms with Crippen LogP contribution in [0.1, 0.15) is 63.6 Å². The van der Waals surface area contributed by atoms with Crippen molar-refractivity contribution in [1.29, 1.82) is 0 Å². The van der Waals surface area contributed by atoms with Gasteiger partial charge in [0.15, 0.2) is 11.5 Å². The Hall–Kier alpha value is -1.22. The summed E-state index contributed by atoms with van der Waals surface area (Å²) in [5.74, 6) is 2.93. The zero-order valence-electron chi connectivity index (χ0n) is 14.0. The van der Waals surface area contributed by atoms with Crippen molar-refractivity contribution in [2.24, 2.45) is 5.92 Å². The number of benzene rings is 1. The minimum absolute atomic E-state index is 0.402. The Morgan fingerprint density at radius 1 is 0.952 bits per heavy atom. The van der Waals surface area contributed by atoms with Crippen LogP contribution < -0.4 is 14.8 Å². The molecular weight excluding hydrogens is 262 g/mol. The van der Waals surface area contributed by atoms with E-state index in [9.17, 15) is 0 Å². The van der Waals surface area contributed by atoms with Gasteiger partial charge in [-0.2, -0.15) is 0 Å². The summed E-state index contributed by atoms with van der Waals surface area (Å²) in [6.45, 7) is 10.3. The number of nitrogens with one attached hydrogen (secondary N) is 1. The van der Waals surface area contributed by atoms with E-state index >= 15 is 0 Å². The van der Waals surface area contributed by atoms with Crippen molar-refractivity contribution in [3.8, 4) is 11.5 Å². The smallest absolute Gasteiger partial charge is 0.161 e. The maximum Gasteiger partial charge on any atom is 0.161 e. The van der Waals surface area contributed by atoms with E-state index in [-0.39, 0.29) is 0 Å². The van der Waals surface area contributed by atoms with E-state index in [4.69, 9.17) is 9.47 Å². The maximum absolute atomic E-state index is 5.92. The molecule has 3 atom stereocenters.